The molecule has 1 heterocycles. The van der Waals surface area contributed by atoms with Crippen LogP contribution in [0.1, 0.15) is 37.5 Å². The van der Waals surface area contributed by atoms with E-state index in [4.69, 9.17) is 0 Å². The molecule has 1 aromatic carbocycles. The van der Waals surface area contributed by atoms with Crippen LogP contribution in [0.15, 0.2) is 59.9 Å². The molecule has 1 aromatic heterocycles. The molecule has 2 aromatic rings. The van der Waals surface area contributed by atoms with E-state index in [1.807, 2.05) is 25.1 Å². The molecule has 0 aliphatic heterocycles. The summed E-state index contributed by atoms with van der Waals surface area (Å²) in [6.45, 7) is 5.27. The molecule has 134 valence electrons. The Balaban J connectivity index is 1.86. The lowest BCUT2D eigenvalue weighted by Crippen LogP contribution is -2.42. The van der Waals surface area contributed by atoms with Crippen molar-refractivity contribution in [3.8, 4) is 0 Å². The quantitative estimate of drug-likeness (QED) is 0.510. The van der Waals surface area contributed by atoms with Gasteiger partial charge in [-0.1, -0.05) is 30.3 Å². The summed E-state index contributed by atoms with van der Waals surface area (Å²) in [7, 11) is 0. The largest absolute Gasteiger partial charge is 0.386 e. The number of hydrogen-bond acceptors (Lipinski definition) is 3. The summed E-state index contributed by atoms with van der Waals surface area (Å²) in [5.41, 5.74) is 2.16. The van der Waals surface area contributed by atoms with Crippen molar-refractivity contribution in [1.29, 1.82) is 0 Å². The lowest BCUT2D eigenvalue weighted by Gasteiger charge is -2.18. The summed E-state index contributed by atoms with van der Waals surface area (Å²) in [6, 6.07) is 14.4. The number of guanidine groups is 1. The summed E-state index contributed by atoms with van der Waals surface area (Å²) in [5.74, 6) is 0.733. The number of aliphatic imine (C=N–C) groups is 1. The van der Waals surface area contributed by atoms with Crippen molar-refractivity contribution in [2.75, 3.05) is 13.1 Å². The van der Waals surface area contributed by atoms with Crippen LogP contribution in [-0.4, -0.2) is 35.2 Å². The Labute approximate surface area is 150 Å². The molecule has 0 bridgehead atoms. The second-order valence-electron chi connectivity index (χ2n) is 6.09. The van der Waals surface area contributed by atoms with Gasteiger partial charge in [-0.2, -0.15) is 0 Å². The van der Waals surface area contributed by atoms with Crippen LogP contribution >= 0.6 is 0 Å². The van der Waals surface area contributed by atoms with Crippen LogP contribution in [0.4, 0.5) is 0 Å². The number of hydrogen-bond donors (Lipinski definition) is 3. The lowest BCUT2D eigenvalue weighted by atomic mass is 10.1. The van der Waals surface area contributed by atoms with Crippen LogP contribution in [0.3, 0.4) is 0 Å². The third-order valence-corrected chi connectivity index (χ3v) is 3.95. The molecular formula is C20H28N4O. The Morgan fingerprint density at radius 1 is 1.16 bits per heavy atom. The van der Waals surface area contributed by atoms with Crippen LogP contribution < -0.4 is 10.6 Å². The van der Waals surface area contributed by atoms with Crippen molar-refractivity contribution in [2.45, 2.75) is 38.8 Å². The first kappa shape index (κ1) is 18.9. The number of aliphatic hydroxyl groups excluding tert-OH is 1. The molecule has 2 rings (SSSR count). The zero-order valence-electron chi connectivity index (χ0n) is 15.0. The van der Waals surface area contributed by atoms with Gasteiger partial charge in [-0.25, -0.2) is 0 Å². The molecule has 0 aliphatic carbocycles. The Morgan fingerprint density at radius 2 is 1.88 bits per heavy atom. The molecule has 0 aliphatic rings. The number of benzene rings is 1. The number of pyridine rings is 1. The number of nitrogens with one attached hydrogen (secondary N) is 2. The van der Waals surface area contributed by atoms with Crippen LogP contribution in [0.5, 0.6) is 0 Å². The Morgan fingerprint density at radius 3 is 2.56 bits per heavy atom. The van der Waals surface area contributed by atoms with Gasteiger partial charge in [-0.3, -0.25) is 9.98 Å². The minimum absolute atomic E-state index is 0.288. The first-order chi connectivity index (χ1) is 12.2. The van der Waals surface area contributed by atoms with Gasteiger partial charge in [-0.05, 0) is 49.9 Å². The smallest absolute Gasteiger partial charge is 0.191 e. The fourth-order valence-electron chi connectivity index (χ4n) is 2.52. The summed E-state index contributed by atoms with van der Waals surface area (Å²) in [4.78, 5) is 8.47. The summed E-state index contributed by atoms with van der Waals surface area (Å²) < 4.78 is 0. The van der Waals surface area contributed by atoms with Crippen molar-refractivity contribution in [3.63, 3.8) is 0 Å². The van der Waals surface area contributed by atoms with Gasteiger partial charge < -0.3 is 15.7 Å². The van der Waals surface area contributed by atoms with Gasteiger partial charge in [0.1, 0.15) is 0 Å². The van der Waals surface area contributed by atoms with Crippen molar-refractivity contribution in [2.24, 2.45) is 4.99 Å². The second-order valence-corrected chi connectivity index (χ2v) is 6.09. The van der Waals surface area contributed by atoms with Gasteiger partial charge in [0, 0.05) is 25.0 Å². The van der Waals surface area contributed by atoms with E-state index in [1.54, 1.807) is 12.4 Å². The van der Waals surface area contributed by atoms with Crippen molar-refractivity contribution in [1.82, 2.24) is 15.6 Å². The molecule has 0 amide bonds. The van der Waals surface area contributed by atoms with E-state index in [-0.39, 0.29) is 6.04 Å². The van der Waals surface area contributed by atoms with Crippen molar-refractivity contribution < 1.29 is 5.11 Å². The van der Waals surface area contributed by atoms with Gasteiger partial charge in [0.25, 0.3) is 0 Å². The number of nitrogens with zero attached hydrogens (tertiary/aromatic N) is 2. The molecule has 3 N–H and O–H groups in total. The van der Waals surface area contributed by atoms with E-state index < -0.39 is 6.10 Å². The van der Waals surface area contributed by atoms with E-state index in [9.17, 15) is 5.11 Å². The number of aromatic nitrogens is 1. The van der Waals surface area contributed by atoms with Gasteiger partial charge in [0.05, 0.1) is 12.6 Å². The monoisotopic (exact) mass is 340 g/mol. The highest BCUT2D eigenvalue weighted by Gasteiger charge is 2.09. The minimum atomic E-state index is -0.627. The van der Waals surface area contributed by atoms with E-state index in [1.165, 1.54) is 5.56 Å². The molecular weight excluding hydrogens is 312 g/mol. The molecule has 25 heavy (non-hydrogen) atoms. The van der Waals surface area contributed by atoms with E-state index >= 15 is 0 Å². The second kappa shape index (κ2) is 10.5. The van der Waals surface area contributed by atoms with E-state index in [0.717, 1.165) is 30.9 Å². The SMILES string of the molecule is CCNC(=NCC(O)c1ccncc1)NC(C)CCc1ccccc1. The molecule has 5 heteroatoms. The number of aryl methyl sites for hydroxylation is 1. The Kier molecular flexibility index (Phi) is 7.92. The molecule has 0 radical (unpaired) electrons. The fourth-order valence-corrected chi connectivity index (χ4v) is 2.52. The standard InChI is InChI=1S/C20H28N4O/c1-3-22-20(23-15-19(25)18-11-13-21-14-12-18)24-16(2)9-10-17-7-5-4-6-8-17/h4-8,11-14,16,19,25H,3,9-10,15H2,1-2H3,(H2,22,23,24). The minimum Gasteiger partial charge on any atom is -0.386 e. The molecule has 0 saturated carbocycles. The molecule has 2 unspecified atom stereocenters. The van der Waals surface area contributed by atoms with Gasteiger partial charge in [0.15, 0.2) is 5.96 Å². The maximum atomic E-state index is 10.2. The summed E-state index contributed by atoms with van der Waals surface area (Å²) >= 11 is 0. The highest BCUT2D eigenvalue weighted by atomic mass is 16.3. The topological polar surface area (TPSA) is 69.5 Å². The van der Waals surface area contributed by atoms with E-state index in [0.29, 0.717) is 6.54 Å². The fraction of sp³-hybridized carbons (Fsp3) is 0.400. The highest BCUT2D eigenvalue weighted by Crippen LogP contribution is 2.11. The Hall–Kier alpha value is -2.40. The van der Waals surface area contributed by atoms with Gasteiger partial charge in [0.2, 0.25) is 0 Å². The number of aliphatic hydroxyl groups is 1. The molecule has 0 fully saturated rings. The first-order valence-corrected chi connectivity index (χ1v) is 8.85. The molecule has 0 spiro atoms. The maximum absolute atomic E-state index is 10.2. The van der Waals surface area contributed by atoms with Crippen LogP contribution in [-0.2, 0) is 6.42 Å². The average Bonchev–Trinajstić information content (AvgIpc) is 2.66. The number of rotatable bonds is 8. The predicted octanol–water partition coefficient (Wildman–Crippen LogP) is 2.69. The molecule has 2 atom stereocenters. The Bertz CT molecular complexity index is 631. The lowest BCUT2D eigenvalue weighted by molar-refractivity contribution is 0.187. The molecule has 0 saturated heterocycles. The average molecular weight is 340 g/mol. The van der Waals surface area contributed by atoms with Crippen LogP contribution in [0.2, 0.25) is 0 Å². The van der Waals surface area contributed by atoms with E-state index in [2.05, 4.69) is 51.8 Å². The summed E-state index contributed by atoms with van der Waals surface area (Å²) in [6.07, 6.45) is 4.77. The van der Waals surface area contributed by atoms with Crippen LogP contribution in [0, 0.1) is 0 Å². The normalized spacial score (nSPS) is 14.0. The summed E-state index contributed by atoms with van der Waals surface area (Å²) in [5, 5.41) is 16.9. The third kappa shape index (κ3) is 6.93. The first-order valence-electron chi connectivity index (χ1n) is 8.85. The third-order valence-electron chi connectivity index (χ3n) is 3.95. The van der Waals surface area contributed by atoms with Gasteiger partial charge >= 0.3 is 0 Å². The predicted molar refractivity (Wildman–Crippen MR) is 103 cm³/mol. The highest BCUT2D eigenvalue weighted by molar-refractivity contribution is 5.80. The van der Waals surface area contributed by atoms with Gasteiger partial charge in [-0.15, -0.1) is 0 Å². The zero-order valence-corrected chi connectivity index (χ0v) is 15.0. The van der Waals surface area contributed by atoms with Crippen molar-refractivity contribution in [3.05, 3.63) is 66.0 Å². The van der Waals surface area contributed by atoms with Crippen molar-refractivity contribution >= 4 is 5.96 Å². The van der Waals surface area contributed by atoms with Crippen LogP contribution in [0.25, 0.3) is 0 Å². The maximum Gasteiger partial charge on any atom is 0.191 e. The zero-order chi connectivity index (χ0) is 17.9. The molecule has 5 nitrogen and oxygen atoms in total.